The molecule has 5 heterocycles. The number of fused-ring (bicyclic) bond motifs is 4. The van der Waals surface area contributed by atoms with Gasteiger partial charge in [0.25, 0.3) is 0 Å². The van der Waals surface area contributed by atoms with Crippen molar-refractivity contribution in [3.8, 4) is 17.2 Å². The number of rotatable bonds is 14. The number of nitrogens with zero attached hydrogens (tertiary/aromatic N) is 2. The fraction of sp³-hybridized carbons (Fsp3) is 0.426. The molecule has 4 aliphatic heterocycles. The predicted octanol–water partition coefficient (Wildman–Crippen LogP) is 1.93. The average Bonchev–Trinajstić information content (AvgIpc) is 4.02. The number of aromatic hydroxyl groups is 2. The number of carbonyl (C=O) groups excluding carboxylic acids is 1. The van der Waals surface area contributed by atoms with E-state index in [9.17, 15) is 45.3 Å². The fourth-order valence-corrected chi connectivity index (χ4v) is 10.0. The van der Waals surface area contributed by atoms with Crippen LogP contribution in [-0.2, 0) is 27.4 Å². The largest absolute Gasteiger partial charge is 0.508 e. The van der Waals surface area contributed by atoms with Crippen molar-refractivity contribution in [3.05, 3.63) is 105 Å². The lowest BCUT2D eigenvalue weighted by atomic mass is 9.66. The summed E-state index contributed by atoms with van der Waals surface area (Å²) in [7, 11) is 1.82. The number of hydrogen-bond acceptors (Lipinski definition) is 16. The summed E-state index contributed by atoms with van der Waals surface area (Å²) in [5.74, 6) is -0.00695. The van der Waals surface area contributed by atoms with Gasteiger partial charge in [-0.05, 0) is 79.6 Å². The topological polar surface area (TPSA) is 256 Å². The fourth-order valence-electron chi connectivity index (χ4n) is 10.0. The molecule has 1 fully saturated rings. The van der Waals surface area contributed by atoms with E-state index in [1.54, 1.807) is 19.2 Å². The number of aliphatic hydroxyl groups is 5. The van der Waals surface area contributed by atoms with Gasteiger partial charge in [-0.3, -0.25) is 14.6 Å². The number of phenolic OH excluding ortho intramolecular Hbond substituents is 2. The number of aliphatic imine (C=N–C) groups is 1. The molecule has 0 radical (unpaired) electrons. The maximum absolute atomic E-state index is 13.7. The third-order valence-electron chi connectivity index (χ3n) is 13.4. The highest BCUT2D eigenvalue weighted by Gasteiger charge is 2.56. The van der Waals surface area contributed by atoms with Crippen LogP contribution in [0.3, 0.4) is 0 Å². The molecule has 9 atom stereocenters. The van der Waals surface area contributed by atoms with Gasteiger partial charge in [-0.1, -0.05) is 18.2 Å². The minimum absolute atomic E-state index is 0.0532. The summed E-state index contributed by atoms with van der Waals surface area (Å²) in [5, 5.41) is 83.2. The second-order valence-corrected chi connectivity index (χ2v) is 17.7. The smallest absolute Gasteiger partial charge is 0.220 e. The molecular formula is C47H52N4O13. The zero-order valence-electron chi connectivity index (χ0n) is 35.3. The van der Waals surface area contributed by atoms with Gasteiger partial charge in [0.05, 0.1) is 24.2 Å². The molecule has 0 bridgehead atoms. The van der Waals surface area contributed by atoms with Crippen molar-refractivity contribution in [3.63, 3.8) is 0 Å². The predicted molar refractivity (Wildman–Crippen MR) is 234 cm³/mol. The first-order chi connectivity index (χ1) is 30.7. The number of amides is 1. The highest BCUT2D eigenvalue weighted by molar-refractivity contribution is 5.96. The van der Waals surface area contributed by atoms with E-state index >= 15 is 0 Å². The molecule has 5 aliphatic rings. The monoisotopic (exact) mass is 880 g/mol. The third kappa shape index (κ3) is 7.75. The van der Waals surface area contributed by atoms with Crippen molar-refractivity contribution in [1.29, 1.82) is 0 Å². The van der Waals surface area contributed by atoms with Crippen LogP contribution in [0.4, 0.5) is 5.69 Å². The molecule has 1 aliphatic carbocycles. The van der Waals surface area contributed by atoms with Crippen LogP contribution < -0.4 is 25.7 Å². The first-order valence-corrected chi connectivity index (χ1v) is 21.4. The van der Waals surface area contributed by atoms with Crippen LogP contribution in [0.2, 0.25) is 0 Å². The number of benzene rings is 3. The van der Waals surface area contributed by atoms with Gasteiger partial charge < -0.3 is 60.4 Å². The van der Waals surface area contributed by atoms with Crippen LogP contribution >= 0.6 is 0 Å². The SMILES string of the molecule is CNCC1C=CC(C2CNC(=O)C2)CC12Oc1c(cc3c(=O)cc(C)oc3c1N1C=C3N=CC=C3C1)CC2OOCC(O)(Cc1ccc(O)c2ccc(O)cc12)C(O)C(O)C(O)CO. The van der Waals surface area contributed by atoms with E-state index in [1.165, 1.54) is 36.4 Å². The van der Waals surface area contributed by atoms with Crippen molar-refractivity contribution in [2.24, 2.45) is 22.7 Å². The van der Waals surface area contributed by atoms with E-state index in [4.69, 9.17) is 18.9 Å². The standard InChI is InChI=1S/C47H52N4O13/c1-24-11-37(55)34-12-28-13-39(64-61-23-46(60,45(59)42(58)38(56)22-52)16-26-4-8-36(54)32-7-6-31(53)15-33(26)32)47(17-25(3-5-30(47)19-48-2)29-14-40(57)50-18-29)63-43(28)41(44(34)62-24)51-20-27-9-10-49-35(27)21-51/h3-12,15,21,25,29-30,38-39,42,45,48,52-54,56,58-60H,13-14,16-20,22-23H2,1-2H3,(H,50,57). The highest BCUT2D eigenvalue weighted by atomic mass is 17.2. The van der Waals surface area contributed by atoms with Gasteiger partial charge in [-0.25, -0.2) is 9.78 Å². The number of hydrogen-bond donors (Lipinski definition) is 9. The maximum atomic E-state index is 13.7. The van der Waals surface area contributed by atoms with Gasteiger partial charge in [0.15, 0.2) is 16.8 Å². The van der Waals surface area contributed by atoms with Crippen LogP contribution in [-0.4, -0.2) is 123 Å². The first kappa shape index (κ1) is 43.6. The highest BCUT2D eigenvalue weighted by Crippen LogP contribution is 2.53. The van der Waals surface area contributed by atoms with E-state index < -0.39 is 55.3 Å². The molecule has 0 saturated carbocycles. The van der Waals surface area contributed by atoms with Crippen LogP contribution in [0.5, 0.6) is 17.2 Å². The number of ether oxygens (including phenoxy) is 1. The lowest BCUT2D eigenvalue weighted by Crippen LogP contribution is -2.62. The molecule has 64 heavy (non-hydrogen) atoms. The van der Waals surface area contributed by atoms with E-state index in [-0.39, 0.29) is 47.0 Å². The second-order valence-electron chi connectivity index (χ2n) is 17.7. The molecule has 1 saturated heterocycles. The molecule has 3 aromatic carbocycles. The summed E-state index contributed by atoms with van der Waals surface area (Å²) in [4.78, 5) is 45.2. The summed E-state index contributed by atoms with van der Waals surface area (Å²) in [6.45, 7) is 1.30. The second kappa shape index (κ2) is 17.1. The maximum Gasteiger partial charge on any atom is 0.220 e. The lowest BCUT2D eigenvalue weighted by Gasteiger charge is -2.51. The van der Waals surface area contributed by atoms with Gasteiger partial charge in [0, 0.05) is 73.3 Å². The van der Waals surface area contributed by atoms with Crippen LogP contribution in [0.15, 0.2) is 92.4 Å². The molecule has 1 amide bonds. The minimum Gasteiger partial charge on any atom is -0.508 e. The number of aryl methyl sites for hydroxylation is 1. The van der Waals surface area contributed by atoms with E-state index in [1.807, 2.05) is 24.2 Å². The summed E-state index contributed by atoms with van der Waals surface area (Å²) >= 11 is 0. The minimum atomic E-state index is -2.43. The first-order valence-electron chi connectivity index (χ1n) is 21.4. The molecule has 1 spiro atoms. The molecule has 17 nitrogen and oxygen atoms in total. The van der Waals surface area contributed by atoms with Crippen molar-refractivity contribution in [2.45, 2.75) is 68.2 Å². The van der Waals surface area contributed by atoms with Gasteiger partial charge >= 0.3 is 0 Å². The van der Waals surface area contributed by atoms with Crippen molar-refractivity contribution >= 4 is 39.6 Å². The van der Waals surface area contributed by atoms with Crippen molar-refractivity contribution < 1.29 is 59.5 Å². The van der Waals surface area contributed by atoms with Crippen molar-refractivity contribution in [1.82, 2.24) is 10.6 Å². The zero-order chi connectivity index (χ0) is 45.1. The molecule has 9 unspecified atom stereocenters. The number of carbonyl (C=O) groups is 1. The molecule has 338 valence electrons. The van der Waals surface area contributed by atoms with Gasteiger partial charge in [-0.15, -0.1) is 0 Å². The van der Waals surface area contributed by atoms with E-state index in [2.05, 4.69) is 27.8 Å². The Balaban J connectivity index is 1.13. The average molecular weight is 881 g/mol. The molecule has 1 aromatic heterocycles. The Morgan fingerprint density at radius 2 is 1.89 bits per heavy atom. The lowest BCUT2D eigenvalue weighted by molar-refractivity contribution is -0.376. The van der Waals surface area contributed by atoms with Crippen LogP contribution in [0.25, 0.3) is 21.7 Å². The number of phenols is 2. The Labute approximate surface area is 367 Å². The van der Waals surface area contributed by atoms with E-state index in [0.717, 1.165) is 11.3 Å². The quantitative estimate of drug-likeness (QED) is 0.0499. The third-order valence-corrected chi connectivity index (χ3v) is 13.4. The Morgan fingerprint density at radius 3 is 2.64 bits per heavy atom. The van der Waals surface area contributed by atoms with E-state index in [0.29, 0.717) is 82.5 Å². The van der Waals surface area contributed by atoms with Crippen LogP contribution in [0, 0.1) is 24.7 Å². The van der Waals surface area contributed by atoms with Gasteiger partial charge in [0.1, 0.15) is 65.2 Å². The van der Waals surface area contributed by atoms with Gasteiger partial charge in [0.2, 0.25) is 5.91 Å². The molecule has 9 N–H and O–H groups in total. The normalized spacial score (nSPS) is 26.0. The van der Waals surface area contributed by atoms with Gasteiger partial charge in [-0.2, -0.15) is 0 Å². The Kier molecular flexibility index (Phi) is 11.6. The van der Waals surface area contributed by atoms with Crippen molar-refractivity contribution in [2.75, 3.05) is 44.8 Å². The molecule has 9 rings (SSSR count). The molecular weight excluding hydrogens is 829 g/mol. The Morgan fingerprint density at radius 1 is 1.06 bits per heavy atom. The molecule has 4 aromatic rings. The summed E-state index contributed by atoms with van der Waals surface area (Å²) in [5.41, 5.74) is -0.355. The number of allylic oxidation sites excluding steroid dienone is 2. The Bertz CT molecular complexity index is 2680. The number of anilines is 1. The summed E-state index contributed by atoms with van der Waals surface area (Å²) in [6.07, 6.45) is 3.06. The summed E-state index contributed by atoms with van der Waals surface area (Å²) < 4.78 is 13.8. The Hall–Kier alpha value is -5.63. The number of aliphatic hydroxyl groups excluding tert-OH is 4. The van der Waals surface area contributed by atoms with Crippen LogP contribution in [0.1, 0.15) is 29.7 Å². The molecule has 17 heteroatoms. The summed E-state index contributed by atoms with van der Waals surface area (Å²) in [6, 6.07) is 10.3. The zero-order valence-corrected chi connectivity index (χ0v) is 35.3. The number of nitrogens with one attached hydrogen (secondary N) is 2.